The molecule has 0 amide bonds. The molecule has 0 aromatic heterocycles. The van der Waals surface area contributed by atoms with Gasteiger partial charge in [0.1, 0.15) is 5.66 Å². The summed E-state index contributed by atoms with van der Waals surface area (Å²) in [6.07, 6.45) is 0. The molecule has 144 valence electrons. The fourth-order valence-electron chi connectivity index (χ4n) is 4.32. The summed E-state index contributed by atoms with van der Waals surface area (Å²) in [6, 6.07) is 26.4. The Balaban J connectivity index is 1.99. The lowest BCUT2D eigenvalue weighted by Crippen LogP contribution is -2.48. The molecule has 3 aromatic carbocycles. The zero-order chi connectivity index (χ0) is 20.1. The number of aryl methyl sites for hydroxylation is 1. The van der Waals surface area contributed by atoms with Gasteiger partial charge in [-0.05, 0) is 67.6 Å². The smallest absolute Gasteiger partial charge is 0.116 e. The van der Waals surface area contributed by atoms with Crippen molar-refractivity contribution < 1.29 is 0 Å². The van der Waals surface area contributed by atoms with Gasteiger partial charge in [0.2, 0.25) is 0 Å². The van der Waals surface area contributed by atoms with Crippen molar-refractivity contribution in [2.75, 3.05) is 9.80 Å². The van der Waals surface area contributed by atoms with E-state index in [1.807, 2.05) is 0 Å². The van der Waals surface area contributed by atoms with Crippen LogP contribution in [-0.4, -0.2) is 5.66 Å². The number of benzene rings is 3. The number of fused-ring (bicyclic) bond motifs is 1. The van der Waals surface area contributed by atoms with Gasteiger partial charge in [0.05, 0.1) is 11.4 Å². The largest absolute Gasteiger partial charge is 0.316 e. The van der Waals surface area contributed by atoms with Gasteiger partial charge < -0.3 is 9.80 Å². The molecule has 4 rings (SSSR count). The lowest BCUT2D eigenvalue weighted by atomic mass is 9.86. The van der Waals surface area contributed by atoms with Crippen molar-refractivity contribution in [3.8, 4) is 0 Å². The van der Waals surface area contributed by atoms with E-state index in [9.17, 15) is 0 Å². The second-order valence-corrected chi connectivity index (χ2v) is 9.24. The second-order valence-electron chi connectivity index (χ2n) is 9.24. The van der Waals surface area contributed by atoms with Crippen LogP contribution in [0, 0.1) is 6.92 Å². The number of rotatable bonds is 2. The van der Waals surface area contributed by atoms with Crippen LogP contribution in [0.15, 0.2) is 72.8 Å². The van der Waals surface area contributed by atoms with Crippen molar-refractivity contribution in [2.24, 2.45) is 0 Å². The summed E-state index contributed by atoms with van der Waals surface area (Å²) in [4.78, 5) is 4.96. The maximum absolute atomic E-state index is 2.50. The number of para-hydroxylation sites is 2. The van der Waals surface area contributed by atoms with E-state index in [0.29, 0.717) is 0 Å². The van der Waals surface area contributed by atoms with E-state index in [2.05, 4.69) is 124 Å². The van der Waals surface area contributed by atoms with Gasteiger partial charge in [-0.2, -0.15) is 0 Å². The van der Waals surface area contributed by atoms with Crippen molar-refractivity contribution in [3.05, 3.63) is 83.9 Å². The van der Waals surface area contributed by atoms with Crippen LogP contribution in [-0.2, 0) is 5.41 Å². The van der Waals surface area contributed by atoms with Gasteiger partial charge in [0.15, 0.2) is 0 Å². The molecule has 0 fully saturated rings. The normalized spacial score (nSPS) is 15.6. The maximum Gasteiger partial charge on any atom is 0.116 e. The van der Waals surface area contributed by atoms with Gasteiger partial charge in [-0.25, -0.2) is 0 Å². The first kappa shape index (κ1) is 18.6. The Labute approximate surface area is 169 Å². The summed E-state index contributed by atoms with van der Waals surface area (Å²) in [5, 5.41) is 0. The highest BCUT2D eigenvalue weighted by Gasteiger charge is 2.44. The van der Waals surface area contributed by atoms with Crippen LogP contribution in [0.25, 0.3) is 0 Å². The van der Waals surface area contributed by atoms with Gasteiger partial charge in [-0.1, -0.05) is 63.2 Å². The lowest BCUT2D eigenvalue weighted by molar-refractivity contribution is 0.539. The summed E-state index contributed by atoms with van der Waals surface area (Å²) in [5.41, 5.74) is 7.53. The predicted molar refractivity (Wildman–Crippen MR) is 121 cm³/mol. The zero-order valence-electron chi connectivity index (χ0n) is 17.8. The van der Waals surface area contributed by atoms with Gasteiger partial charge in [-0.3, -0.25) is 0 Å². The number of nitrogens with zero attached hydrogens (tertiary/aromatic N) is 2. The van der Waals surface area contributed by atoms with Gasteiger partial charge >= 0.3 is 0 Å². The molecule has 1 aliphatic rings. The highest BCUT2D eigenvalue weighted by Crippen LogP contribution is 2.53. The van der Waals surface area contributed by atoms with E-state index in [-0.39, 0.29) is 11.1 Å². The van der Waals surface area contributed by atoms with Crippen molar-refractivity contribution in [1.29, 1.82) is 0 Å². The fourth-order valence-corrected chi connectivity index (χ4v) is 4.32. The van der Waals surface area contributed by atoms with Crippen LogP contribution >= 0.6 is 0 Å². The Bertz CT molecular complexity index is 996. The Morgan fingerprint density at radius 3 is 1.96 bits per heavy atom. The fraction of sp³-hybridized carbons (Fsp3) is 0.308. The van der Waals surface area contributed by atoms with Gasteiger partial charge in [0.25, 0.3) is 0 Å². The summed E-state index contributed by atoms with van der Waals surface area (Å²) in [7, 11) is 0. The predicted octanol–water partition coefficient (Wildman–Crippen LogP) is 7.32. The van der Waals surface area contributed by atoms with Crippen molar-refractivity contribution >= 4 is 22.7 Å². The average molecular weight is 371 g/mol. The molecule has 2 nitrogen and oxygen atoms in total. The summed E-state index contributed by atoms with van der Waals surface area (Å²) >= 11 is 0. The Morgan fingerprint density at radius 2 is 1.32 bits per heavy atom. The van der Waals surface area contributed by atoms with Crippen LogP contribution in [0.1, 0.15) is 45.7 Å². The van der Waals surface area contributed by atoms with E-state index >= 15 is 0 Å². The molecule has 0 saturated heterocycles. The first-order chi connectivity index (χ1) is 13.2. The Morgan fingerprint density at radius 1 is 0.679 bits per heavy atom. The minimum atomic E-state index is -0.230. The standard InChI is InChI=1S/C26H30N2/c1-19-12-10-11-15-22(19)28-24-18-20(25(2,3)4)16-17-23(24)27(26(28,5)6)21-13-8-7-9-14-21/h7-18H,1-6H3. The zero-order valence-corrected chi connectivity index (χ0v) is 17.8. The van der Waals surface area contributed by atoms with Crippen molar-refractivity contribution in [1.82, 2.24) is 0 Å². The molecule has 1 heterocycles. The van der Waals surface area contributed by atoms with Gasteiger partial charge in [-0.15, -0.1) is 0 Å². The molecule has 2 heteroatoms. The SMILES string of the molecule is Cc1ccccc1N1c2cc(C(C)(C)C)ccc2N(c2ccccc2)C1(C)C. The third kappa shape index (κ3) is 2.88. The van der Waals surface area contributed by atoms with E-state index in [4.69, 9.17) is 0 Å². The van der Waals surface area contributed by atoms with Crippen LogP contribution < -0.4 is 9.80 Å². The van der Waals surface area contributed by atoms with E-state index in [1.54, 1.807) is 0 Å². The van der Waals surface area contributed by atoms with Crippen LogP contribution in [0.5, 0.6) is 0 Å². The molecule has 1 aliphatic heterocycles. The molecule has 0 atom stereocenters. The third-order valence-corrected chi connectivity index (χ3v) is 5.79. The molecule has 0 N–H and O–H groups in total. The molecular formula is C26H30N2. The quantitative estimate of drug-likeness (QED) is 0.466. The minimum absolute atomic E-state index is 0.108. The number of anilines is 4. The molecule has 0 saturated carbocycles. The maximum atomic E-state index is 2.50. The summed E-state index contributed by atoms with van der Waals surface area (Å²) < 4.78 is 0. The van der Waals surface area contributed by atoms with Gasteiger partial charge in [0, 0.05) is 11.4 Å². The molecule has 3 aromatic rings. The second kappa shape index (κ2) is 6.41. The topological polar surface area (TPSA) is 6.48 Å². The summed E-state index contributed by atoms with van der Waals surface area (Å²) in [6.45, 7) is 13.7. The number of hydrogen-bond donors (Lipinski definition) is 0. The third-order valence-electron chi connectivity index (χ3n) is 5.79. The van der Waals surface area contributed by atoms with Crippen molar-refractivity contribution in [2.45, 2.75) is 52.6 Å². The molecule has 0 unspecified atom stereocenters. The minimum Gasteiger partial charge on any atom is -0.316 e. The monoisotopic (exact) mass is 370 g/mol. The summed E-state index contributed by atoms with van der Waals surface area (Å²) in [5.74, 6) is 0. The van der Waals surface area contributed by atoms with E-state index < -0.39 is 0 Å². The molecular weight excluding hydrogens is 340 g/mol. The number of hydrogen-bond acceptors (Lipinski definition) is 2. The first-order valence-corrected chi connectivity index (χ1v) is 10.1. The molecule has 0 spiro atoms. The molecule has 0 aliphatic carbocycles. The highest BCUT2D eigenvalue weighted by molar-refractivity contribution is 5.91. The van der Waals surface area contributed by atoms with Crippen molar-refractivity contribution in [3.63, 3.8) is 0 Å². The van der Waals surface area contributed by atoms with E-state index in [0.717, 1.165) is 0 Å². The Kier molecular flexibility index (Phi) is 4.26. The Hall–Kier alpha value is -2.74. The molecule has 0 bridgehead atoms. The van der Waals surface area contributed by atoms with Crippen LogP contribution in [0.4, 0.5) is 22.7 Å². The van der Waals surface area contributed by atoms with E-state index in [1.165, 1.54) is 33.9 Å². The van der Waals surface area contributed by atoms with Crippen LogP contribution in [0.3, 0.4) is 0 Å². The van der Waals surface area contributed by atoms with Crippen LogP contribution in [0.2, 0.25) is 0 Å². The molecule has 28 heavy (non-hydrogen) atoms. The average Bonchev–Trinajstić information content (AvgIpc) is 2.87. The first-order valence-electron chi connectivity index (χ1n) is 10.1. The lowest BCUT2D eigenvalue weighted by Gasteiger charge is -2.41. The molecule has 0 radical (unpaired) electrons. The highest BCUT2D eigenvalue weighted by atomic mass is 15.5.